The van der Waals surface area contributed by atoms with E-state index in [4.69, 9.17) is 4.74 Å². The lowest BCUT2D eigenvalue weighted by Crippen LogP contribution is -2.32. The molecule has 0 aliphatic carbocycles. The zero-order chi connectivity index (χ0) is 12.3. The van der Waals surface area contributed by atoms with Gasteiger partial charge in [-0.2, -0.15) is 9.37 Å². The van der Waals surface area contributed by atoms with Gasteiger partial charge >= 0.3 is 5.97 Å². The second kappa shape index (κ2) is 4.42. The Labute approximate surface area is 92.6 Å². The van der Waals surface area contributed by atoms with Crippen molar-refractivity contribution in [3.63, 3.8) is 0 Å². The van der Waals surface area contributed by atoms with Crippen molar-refractivity contribution in [2.75, 3.05) is 14.2 Å². The van der Waals surface area contributed by atoms with E-state index in [1.54, 1.807) is 13.8 Å². The summed E-state index contributed by atoms with van der Waals surface area (Å²) in [5, 5.41) is 0. The van der Waals surface area contributed by atoms with Crippen LogP contribution in [0.3, 0.4) is 0 Å². The van der Waals surface area contributed by atoms with Crippen molar-refractivity contribution < 1.29 is 18.7 Å². The van der Waals surface area contributed by atoms with Crippen molar-refractivity contribution >= 4 is 5.97 Å². The Hall–Kier alpha value is -1.72. The SMILES string of the molecule is COC(=O)C(C)(C)c1ncc(F)c(OC)n1. The Morgan fingerprint density at radius 2 is 2.06 bits per heavy atom. The Morgan fingerprint density at radius 1 is 1.44 bits per heavy atom. The molecule has 0 aliphatic rings. The smallest absolute Gasteiger partial charge is 0.318 e. The lowest BCUT2D eigenvalue weighted by Gasteiger charge is -2.19. The van der Waals surface area contributed by atoms with E-state index in [0.29, 0.717) is 0 Å². The molecule has 16 heavy (non-hydrogen) atoms. The third-order valence-electron chi connectivity index (χ3n) is 2.16. The van der Waals surface area contributed by atoms with Crippen LogP contribution in [0.15, 0.2) is 6.20 Å². The summed E-state index contributed by atoms with van der Waals surface area (Å²) in [7, 11) is 2.56. The van der Waals surface area contributed by atoms with E-state index >= 15 is 0 Å². The quantitative estimate of drug-likeness (QED) is 0.724. The van der Waals surface area contributed by atoms with Crippen LogP contribution in [0.1, 0.15) is 19.7 Å². The summed E-state index contributed by atoms with van der Waals surface area (Å²) in [5.74, 6) is -1.22. The zero-order valence-corrected chi connectivity index (χ0v) is 9.57. The third-order valence-corrected chi connectivity index (χ3v) is 2.16. The minimum absolute atomic E-state index is 0.151. The molecule has 5 nitrogen and oxygen atoms in total. The highest BCUT2D eigenvalue weighted by atomic mass is 19.1. The highest BCUT2D eigenvalue weighted by Gasteiger charge is 2.34. The second-order valence-corrected chi connectivity index (χ2v) is 3.67. The second-order valence-electron chi connectivity index (χ2n) is 3.67. The molecule has 6 heteroatoms. The molecule has 1 heterocycles. The molecule has 0 spiro atoms. The number of rotatable bonds is 3. The van der Waals surface area contributed by atoms with Crippen LogP contribution in [0.4, 0.5) is 4.39 Å². The zero-order valence-electron chi connectivity index (χ0n) is 9.57. The van der Waals surface area contributed by atoms with Crippen LogP contribution in [-0.2, 0) is 14.9 Å². The average Bonchev–Trinajstić information content (AvgIpc) is 2.28. The molecule has 1 aromatic heterocycles. The number of hydrogen-bond acceptors (Lipinski definition) is 5. The topological polar surface area (TPSA) is 61.3 Å². The van der Waals surface area contributed by atoms with Crippen molar-refractivity contribution in [3.05, 3.63) is 17.8 Å². The maximum atomic E-state index is 13.1. The first-order valence-corrected chi connectivity index (χ1v) is 4.59. The Bertz CT molecular complexity index is 407. The Kier molecular flexibility index (Phi) is 3.41. The first-order chi connectivity index (χ1) is 7.43. The third kappa shape index (κ3) is 2.10. The highest BCUT2D eigenvalue weighted by Crippen LogP contribution is 2.23. The molecule has 0 aliphatic heterocycles. The van der Waals surface area contributed by atoms with Crippen LogP contribution in [0.5, 0.6) is 5.88 Å². The molecule has 88 valence electrons. The number of esters is 1. The first kappa shape index (κ1) is 12.4. The lowest BCUT2D eigenvalue weighted by atomic mass is 9.92. The molecule has 1 aromatic rings. The number of halogens is 1. The molecule has 0 saturated heterocycles. The Balaban J connectivity index is 3.18. The fraction of sp³-hybridized carbons (Fsp3) is 0.500. The number of carbonyl (C=O) groups excluding carboxylic acids is 1. The van der Waals surface area contributed by atoms with Crippen LogP contribution in [0.2, 0.25) is 0 Å². The van der Waals surface area contributed by atoms with E-state index in [0.717, 1.165) is 6.20 Å². The molecule has 1 rings (SSSR count). The van der Waals surface area contributed by atoms with Crippen molar-refractivity contribution in [3.8, 4) is 5.88 Å². The fourth-order valence-corrected chi connectivity index (χ4v) is 1.14. The van der Waals surface area contributed by atoms with Gasteiger partial charge < -0.3 is 9.47 Å². The predicted octanol–water partition coefficient (Wildman–Crippen LogP) is 1.07. The molecule has 0 N–H and O–H groups in total. The first-order valence-electron chi connectivity index (χ1n) is 4.59. The predicted molar refractivity (Wildman–Crippen MR) is 53.6 cm³/mol. The number of hydrogen-bond donors (Lipinski definition) is 0. The maximum Gasteiger partial charge on any atom is 0.318 e. The van der Waals surface area contributed by atoms with E-state index in [1.807, 2.05) is 0 Å². The molecular formula is C10H13FN2O3. The van der Waals surface area contributed by atoms with Gasteiger partial charge in [-0.3, -0.25) is 4.79 Å². The number of ether oxygens (including phenoxy) is 2. The summed E-state index contributed by atoms with van der Waals surface area (Å²) in [6.07, 6.45) is 0.964. The Morgan fingerprint density at radius 3 is 2.56 bits per heavy atom. The van der Waals surface area contributed by atoms with Gasteiger partial charge in [-0.25, -0.2) is 4.98 Å². The van der Waals surface area contributed by atoms with E-state index in [1.165, 1.54) is 14.2 Å². The van der Waals surface area contributed by atoms with Crippen molar-refractivity contribution in [2.45, 2.75) is 19.3 Å². The fourth-order valence-electron chi connectivity index (χ4n) is 1.14. The molecule has 0 amide bonds. The largest absolute Gasteiger partial charge is 0.479 e. The molecule has 0 bridgehead atoms. The molecule has 0 fully saturated rings. The number of aromatic nitrogens is 2. The van der Waals surface area contributed by atoms with Gasteiger partial charge in [0.1, 0.15) is 11.2 Å². The summed E-state index contributed by atoms with van der Waals surface area (Å²) < 4.78 is 22.4. The van der Waals surface area contributed by atoms with Gasteiger partial charge in [0.2, 0.25) is 5.82 Å². The minimum Gasteiger partial charge on any atom is -0.479 e. The monoisotopic (exact) mass is 228 g/mol. The van der Waals surface area contributed by atoms with Crippen molar-refractivity contribution in [1.82, 2.24) is 9.97 Å². The van der Waals surface area contributed by atoms with Gasteiger partial charge in [0.25, 0.3) is 5.88 Å². The standard InChI is InChI=1S/C10H13FN2O3/c1-10(2,9(14)16-4)8-12-5-6(11)7(13-8)15-3/h5H,1-4H3. The summed E-state index contributed by atoms with van der Waals surface area (Å²) in [6.45, 7) is 3.18. The lowest BCUT2D eigenvalue weighted by molar-refractivity contribution is -0.146. The summed E-state index contributed by atoms with van der Waals surface area (Å²) >= 11 is 0. The van der Waals surface area contributed by atoms with Crippen LogP contribution in [0.25, 0.3) is 0 Å². The minimum atomic E-state index is -1.05. The molecule has 0 radical (unpaired) electrons. The van der Waals surface area contributed by atoms with E-state index in [2.05, 4.69) is 14.7 Å². The molecule has 0 unspecified atom stereocenters. The summed E-state index contributed by atoms with van der Waals surface area (Å²) in [5.41, 5.74) is -1.05. The van der Waals surface area contributed by atoms with Crippen LogP contribution in [-0.4, -0.2) is 30.2 Å². The number of nitrogens with zero attached hydrogens (tertiary/aromatic N) is 2. The van der Waals surface area contributed by atoms with Crippen LogP contribution in [0, 0.1) is 5.82 Å². The van der Waals surface area contributed by atoms with Crippen LogP contribution >= 0.6 is 0 Å². The average molecular weight is 228 g/mol. The van der Waals surface area contributed by atoms with Gasteiger partial charge in [-0.1, -0.05) is 0 Å². The van der Waals surface area contributed by atoms with Gasteiger partial charge in [-0.05, 0) is 13.8 Å². The molecule has 0 saturated carbocycles. The molecular weight excluding hydrogens is 215 g/mol. The summed E-state index contributed by atoms with van der Waals surface area (Å²) in [4.78, 5) is 19.1. The maximum absolute atomic E-state index is 13.1. The van der Waals surface area contributed by atoms with Crippen molar-refractivity contribution in [1.29, 1.82) is 0 Å². The van der Waals surface area contributed by atoms with Gasteiger partial charge in [0, 0.05) is 0 Å². The van der Waals surface area contributed by atoms with Crippen LogP contribution < -0.4 is 4.74 Å². The van der Waals surface area contributed by atoms with Gasteiger partial charge in [0.15, 0.2) is 0 Å². The van der Waals surface area contributed by atoms with E-state index < -0.39 is 17.2 Å². The normalized spacial score (nSPS) is 11.1. The number of carbonyl (C=O) groups is 1. The van der Waals surface area contributed by atoms with E-state index in [9.17, 15) is 9.18 Å². The van der Waals surface area contributed by atoms with Gasteiger partial charge in [-0.15, -0.1) is 0 Å². The number of methoxy groups -OCH3 is 2. The van der Waals surface area contributed by atoms with E-state index in [-0.39, 0.29) is 11.7 Å². The van der Waals surface area contributed by atoms with Gasteiger partial charge in [0.05, 0.1) is 20.4 Å². The van der Waals surface area contributed by atoms with Crippen molar-refractivity contribution in [2.24, 2.45) is 0 Å². The molecule has 0 aromatic carbocycles. The summed E-state index contributed by atoms with van der Waals surface area (Å²) in [6, 6.07) is 0. The molecule has 0 atom stereocenters. The highest BCUT2D eigenvalue weighted by molar-refractivity contribution is 5.80.